The van der Waals surface area contributed by atoms with Gasteiger partial charge < -0.3 is 10.1 Å². The molecule has 0 aromatic heterocycles. The van der Waals surface area contributed by atoms with E-state index in [1.165, 1.54) is 35.5 Å². The van der Waals surface area contributed by atoms with Crippen molar-refractivity contribution < 1.29 is 22.7 Å². The third-order valence-electron chi connectivity index (χ3n) is 5.01. The van der Waals surface area contributed by atoms with Gasteiger partial charge in [0.15, 0.2) is 6.10 Å². The zero-order valence-corrected chi connectivity index (χ0v) is 19.7. The van der Waals surface area contributed by atoms with Gasteiger partial charge in [-0.25, -0.2) is 13.2 Å². The summed E-state index contributed by atoms with van der Waals surface area (Å²) in [6, 6.07) is 9.44. The summed E-state index contributed by atoms with van der Waals surface area (Å²) in [5, 5.41) is 2.82. The minimum Gasteiger partial charge on any atom is -0.449 e. The lowest BCUT2D eigenvalue weighted by Gasteiger charge is -2.19. The lowest BCUT2D eigenvalue weighted by atomic mass is 10.0. The Morgan fingerprint density at radius 3 is 2.00 bits per heavy atom. The molecule has 0 saturated carbocycles. The van der Waals surface area contributed by atoms with E-state index >= 15 is 0 Å². The molecular formula is C23H30N2O5S. The molecular weight excluding hydrogens is 416 g/mol. The first kappa shape index (κ1) is 24.6. The Morgan fingerprint density at radius 2 is 1.52 bits per heavy atom. The molecule has 0 fully saturated rings. The second-order valence-electron chi connectivity index (χ2n) is 7.42. The molecule has 0 spiro atoms. The Hall–Kier alpha value is -2.71. The smallest absolute Gasteiger partial charge is 0.338 e. The Balaban J connectivity index is 2.08. The third kappa shape index (κ3) is 5.71. The minimum absolute atomic E-state index is 0.101. The summed E-state index contributed by atoms with van der Waals surface area (Å²) in [7, 11) is -3.61. The monoisotopic (exact) mass is 446 g/mol. The fourth-order valence-electron chi connectivity index (χ4n) is 3.36. The van der Waals surface area contributed by atoms with E-state index in [4.69, 9.17) is 4.74 Å². The van der Waals surface area contributed by atoms with Crippen LogP contribution in [0.3, 0.4) is 0 Å². The van der Waals surface area contributed by atoms with Gasteiger partial charge in [-0.05, 0) is 63.1 Å². The third-order valence-corrected chi connectivity index (χ3v) is 7.08. The van der Waals surface area contributed by atoms with E-state index in [1.54, 1.807) is 13.8 Å². The van der Waals surface area contributed by atoms with Crippen molar-refractivity contribution in [2.75, 3.05) is 18.4 Å². The van der Waals surface area contributed by atoms with E-state index < -0.39 is 28.0 Å². The van der Waals surface area contributed by atoms with E-state index in [0.717, 1.165) is 16.7 Å². The van der Waals surface area contributed by atoms with Crippen molar-refractivity contribution >= 4 is 27.6 Å². The van der Waals surface area contributed by atoms with Crippen LogP contribution < -0.4 is 5.32 Å². The van der Waals surface area contributed by atoms with Crippen LogP contribution >= 0.6 is 0 Å². The average Bonchev–Trinajstić information content (AvgIpc) is 2.71. The number of rotatable bonds is 8. The summed E-state index contributed by atoms with van der Waals surface area (Å²) in [5.74, 6) is -1.14. The van der Waals surface area contributed by atoms with Crippen molar-refractivity contribution in [1.82, 2.24) is 4.31 Å². The Labute approximate surface area is 184 Å². The number of esters is 1. The van der Waals surface area contributed by atoms with E-state index in [-0.39, 0.29) is 10.5 Å². The topological polar surface area (TPSA) is 92.8 Å². The van der Waals surface area contributed by atoms with Gasteiger partial charge in [0, 0.05) is 18.8 Å². The van der Waals surface area contributed by atoms with Crippen LogP contribution in [-0.4, -0.2) is 43.8 Å². The highest BCUT2D eigenvalue weighted by Crippen LogP contribution is 2.22. The number of ether oxygens (including phenoxy) is 1. The lowest BCUT2D eigenvalue weighted by molar-refractivity contribution is -0.123. The van der Waals surface area contributed by atoms with Crippen molar-refractivity contribution in [2.24, 2.45) is 0 Å². The van der Waals surface area contributed by atoms with Crippen LogP contribution in [0.5, 0.6) is 0 Å². The van der Waals surface area contributed by atoms with E-state index in [0.29, 0.717) is 18.8 Å². The van der Waals surface area contributed by atoms with Gasteiger partial charge in [0.05, 0.1) is 10.5 Å². The van der Waals surface area contributed by atoms with Gasteiger partial charge in [0.2, 0.25) is 10.0 Å². The Morgan fingerprint density at radius 1 is 1.00 bits per heavy atom. The van der Waals surface area contributed by atoms with E-state index in [9.17, 15) is 18.0 Å². The highest BCUT2D eigenvalue weighted by atomic mass is 32.2. The molecule has 8 heteroatoms. The van der Waals surface area contributed by atoms with Gasteiger partial charge in [0.1, 0.15) is 0 Å². The molecule has 0 bridgehead atoms. The number of aryl methyl sites for hydroxylation is 3. The van der Waals surface area contributed by atoms with Crippen molar-refractivity contribution in [1.29, 1.82) is 0 Å². The van der Waals surface area contributed by atoms with Crippen LogP contribution in [0.1, 0.15) is 47.8 Å². The van der Waals surface area contributed by atoms with Gasteiger partial charge >= 0.3 is 5.97 Å². The number of sulfonamides is 1. The van der Waals surface area contributed by atoms with Gasteiger partial charge in [-0.15, -0.1) is 0 Å². The maximum absolute atomic E-state index is 12.5. The largest absolute Gasteiger partial charge is 0.449 e. The fraction of sp³-hybridized carbons (Fsp3) is 0.391. The van der Waals surface area contributed by atoms with Crippen molar-refractivity contribution in [2.45, 2.75) is 52.5 Å². The molecule has 0 heterocycles. The molecule has 31 heavy (non-hydrogen) atoms. The molecule has 168 valence electrons. The van der Waals surface area contributed by atoms with Crippen molar-refractivity contribution in [3.8, 4) is 0 Å². The number of carbonyl (C=O) groups is 2. The van der Waals surface area contributed by atoms with Gasteiger partial charge in [0.25, 0.3) is 5.91 Å². The number of nitrogens with zero attached hydrogens (tertiary/aromatic N) is 1. The van der Waals surface area contributed by atoms with Gasteiger partial charge in [-0.2, -0.15) is 4.31 Å². The molecule has 0 unspecified atom stereocenters. The van der Waals surface area contributed by atoms with Gasteiger partial charge in [-0.1, -0.05) is 31.5 Å². The Bertz CT molecular complexity index is 1030. The van der Waals surface area contributed by atoms with Crippen LogP contribution in [0.2, 0.25) is 0 Å². The molecule has 7 nitrogen and oxygen atoms in total. The highest BCUT2D eigenvalue weighted by Gasteiger charge is 2.23. The first-order valence-electron chi connectivity index (χ1n) is 10.2. The fourth-order valence-corrected chi connectivity index (χ4v) is 4.82. The molecule has 0 aliphatic rings. The summed E-state index contributed by atoms with van der Waals surface area (Å²) in [4.78, 5) is 25.1. The van der Waals surface area contributed by atoms with E-state index in [1.807, 2.05) is 32.9 Å². The lowest BCUT2D eigenvalue weighted by Crippen LogP contribution is -2.31. The number of nitrogens with one attached hydrogen (secondary N) is 1. The summed E-state index contributed by atoms with van der Waals surface area (Å²) in [6.45, 7) is 11.5. The first-order valence-corrected chi connectivity index (χ1v) is 11.6. The molecule has 1 amide bonds. The molecule has 2 aromatic rings. The normalized spacial score (nSPS) is 12.5. The first-order chi connectivity index (χ1) is 14.5. The molecule has 0 saturated heterocycles. The van der Waals surface area contributed by atoms with Crippen LogP contribution in [0.4, 0.5) is 5.69 Å². The summed E-state index contributed by atoms with van der Waals surface area (Å²) >= 11 is 0. The molecule has 0 radical (unpaired) electrons. The van der Waals surface area contributed by atoms with Crippen molar-refractivity contribution in [3.63, 3.8) is 0 Å². The quantitative estimate of drug-likeness (QED) is 0.622. The summed E-state index contributed by atoms with van der Waals surface area (Å²) < 4.78 is 31.7. The van der Waals surface area contributed by atoms with Crippen LogP contribution in [0.25, 0.3) is 0 Å². The molecule has 0 aliphatic heterocycles. The van der Waals surface area contributed by atoms with Crippen LogP contribution in [-0.2, 0) is 19.6 Å². The van der Waals surface area contributed by atoms with Crippen LogP contribution in [0.15, 0.2) is 41.3 Å². The predicted molar refractivity (Wildman–Crippen MR) is 121 cm³/mol. The molecule has 1 N–H and O–H groups in total. The SMILES string of the molecule is CCN(CC)S(=O)(=O)c1ccc(C(=O)O[C@@H](C)C(=O)Nc2c(C)cc(C)cc2C)cc1. The standard InChI is InChI=1S/C23H30N2O5S/c1-7-25(8-2)31(28,29)20-11-9-19(10-12-20)23(27)30-18(6)22(26)24-21-16(4)13-15(3)14-17(21)5/h9-14,18H,7-8H2,1-6H3,(H,24,26)/t18-/m0/s1. The van der Waals surface area contributed by atoms with Crippen LogP contribution in [0, 0.1) is 20.8 Å². The molecule has 2 rings (SSSR count). The number of anilines is 1. The highest BCUT2D eigenvalue weighted by molar-refractivity contribution is 7.89. The number of hydrogen-bond donors (Lipinski definition) is 1. The predicted octanol–water partition coefficient (Wildman–Crippen LogP) is 3.83. The minimum atomic E-state index is -3.61. The molecule has 0 aliphatic carbocycles. The summed E-state index contributed by atoms with van der Waals surface area (Å²) in [5.41, 5.74) is 3.81. The van der Waals surface area contributed by atoms with E-state index in [2.05, 4.69) is 5.32 Å². The zero-order chi connectivity index (χ0) is 23.3. The second-order valence-corrected chi connectivity index (χ2v) is 9.36. The second kappa shape index (κ2) is 10.1. The van der Waals surface area contributed by atoms with Gasteiger partial charge in [-0.3, -0.25) is 4.79 Å². The number of amides is 1. The maximum Gasteiger partial charge on any atom is 0.338 e. The molecule has 2 aromatic carbocycles. The van der Waals surface area contributed by atoms with Crippen molar-refractivity contribution in [3.05, 3.63) is 58.7 Å². The number of hydrogen-bond acceptors (Lipinski definition) is 5. The number of carbonyl (C=O) groups excluding carboxylic acids is 2. The Kier molecular flexibility index (Phi) is 7.97. The number of benzene rings is 2. The molecule has 1 atom stereocenters. The summed E-state index contributed by atoms with van der Waals surface area (Å²) in [6.07, 6.45) is -1.02. The average molecular weight is 447 g/mol. The maximum atomic E-state index is 12.5. The zero-order valence-electron chi connectivity index (χ0n) is 18.9.